The molecule has 3 N–H and O–H groups in total. The summed E-state index contributed by atoms with van der Waals surface area (Å²) in [5, 5.41) is 9.07. The summed E-state index contributed by atoms with van der Waals surface area (Å²) in [5.41, 5.74) is 0.133. The predicted octanol–water partition coefficient (Wildman–Crippen LogP) is 5.56. The number of nitrogens with zero attached hydrogens (tertiary/aromatic N) is 2. The van der Waals surface area contributed by atoms with Gasteiger partial charge in [-0.3, -0.25) is 24.3 Å². The maximum atomic E-state index is 13.9. The number of aromatic nitrogens is 2. The molecule has 3 aliphatic rings. The summed E-state index contributed by atoms with van der Waals surface area (Å²) in [7, 11) is 0. The first-order valence-electron chi connectivity index (χ1n) is 15.3. The molecule has 2 amide bonds. The van der Waals surface area contributed by atoms with Crippen LogP contribution in [0, 0.1) is 16.7 Å². The number of carbonyl (C=O) groups is 2. The zero-order chi connectivity index (χ0) is 30.3. The molecule has 11 heteroatoms. The van der Waals surface area contributed by atoms with Gasteiger partial charge in [-0.2, -0.15) is 13.2 Å². The lowest BCUT2D eigenvalue weighted by atomic mass is 9.69. The Kier molecular flexibility index (Phi) is 8.44. The minimum Gasteiger partial charge on any atom is -0.384 e. The molecule has 1 aromatic heterocycles. The molecule has 1 aromatic carbocycles. The molecule has 0 unspecified atom stereocenters. The van der Waals surface area contributed by atoms with Gasteiger partial charge in [0, 0.05) is 24.7 Å². The molecule has 2 heterocycles. The summed E-state index contributed by atoms with van der Waals surface area (Å²) in [6.07, 6.45) is 3.80. The van der Waals surface area contributed by atoms with Crippen molar-refractivity contribution in [1.29, 1.82) is 0 Å². The van der Waals surface area contributed by atoms with Gasteiger partial charge in [0.25, 0.3) is 5.56 Å². The van der Waals surface area contributed by atoms with E-state index < -0.39 is 35.4 Å². The van der Waals surface area contributed by atoms with Gasteiger partial charge in [0.05, 0.1) is 10.9 Å². The van der Waals surface area contributed by atoms with Crippen molar-refractivity contribution in [2.45, 2.75) is 103 Å². The van der Waals surface area contributed by atoms with Crippen molar-refractivity contribution in [3.05, 3.63) is 34.4 Å². The number of alkyl halides is 3. The number of unbranched alkanes of at least 4 members (excludes halogenated alkanes) is 4. The van der Waals surface area contributed by atoms with E-state index in [4.69, 9.17) is 0 Å². The van der Waals surface area contributed by atoms with Crippen molar-refractivity contribution in [3.63, 3.8) is 0 Å². The Labute approximate surface area is 244 Å². The van der Waals surface area contributed by atoms with Crippen LogP contribution < -0.4 is 21.5 Å². The quantitative estimate of drug-likeness (QED) is 0.234. The van der Waals surface area contributed by atoms with E-state index >= 15 is 0 Å². The van der Waals surface area contributed by atoms with E-state index in [9.17, 15) is 27.6 Å². The number of carbonyl (C=O) groups excluding carboxylic acids is 2. The molecular weight excluding hydrogens is 547 g/mol. The Morgan fingerprint density at radius 3 is 2.38 bits per heavy atom. The van der Waals surface area contributed by atoms with Gasteiger partial charge in [0.15, 0.2) is 0 Å². The number of fused-ring (bicyclic) bond motifs is 3. The molecule has 230 valence electrons. The van der Waals surface area contributed by atoms with Crippen LogP contribution in [0.4, 0.5) is 18.9 Å². The molecule has 2 saturated carbocycles. The van der Waals surface area contributed by atoms with E-state index in [1.807, 2.05) is 5.32 Å². The van der Waals surface area contributed by atoms with Crippen LogP contribution in [-0.4, -0.2) is 40.5 Å². The van der Waals surface area contributed by atoms with Crippen LogP contribution in [0.5, 0.6) is 0 Å². The monoisotopic (exact) mass is 589 g/mol. The Hall–Kier alpha value is -2.95. The smallest absolute Gasteiger partial charge is 0.384 e. The van der Waals surface area contributed by atoms with Crippen LogP contribution in [0.2, 0.25) is 0 Å². The zero-order valence-corrected chi connectivity index (χ0v) is 24.7. The molecule has 1 aliphatic heterocycles. The lowest BCUT2D eigenvalue weighted by Gasteiger charge is -2.39. The van der Waals surface area contributed by atoms with E-state index in [-0.39, 0.29) is 23.7 Å². The third-order valence-corrected chi connectivity index (χ3v) is 10.6. The van der Waals surface area contributed by atoms with Crippen LogP contribution >= 0.6 is 0 Å². The number of amides is 2. The molecule has 2 aromatic rings. The summed E-state index contributed by atoms with van der Waals surface area (Å²) in [5.74, 6) is -2.13. The fourth-order valence-corrected chi connectivity index (χ4v) is 7.60. The number of imide groups is 1. The van der Waals surface area contributed by atoms with Gasteiger partial charge in [-0.25, -0.2) is 4.98 Å². The number of anilines is 1. The molecule has 42 heavy (non-hydrogen) atoms. The third kappa shape index (κ3) is 5.56. The lowest BCUT2D eigenvalue weighted by molar-refractivity contribution is -0.150. The normalized spacial score (nSPS) is 27.0. The number of halogens is 3. The van der Waals surface area contributed by atoms with Crippen molar-refractivity contribution in [2.75, 3.05) is 18.4 Å². The van der Waals surface area contributed by atoms with Gasteiger partial charge >= 0.3 is 6.18 Å². The second-order valence-electron chi connectivity index (χ2n) is 13.1. The molecule has 5 rings (SSSR count). The molecule has 8 nitrogen and oxygen atoms in total. The molecule has 1 saturated heterocycles. The van der Waals surface area contributed by atoms with E-state index in [2.05, 4.69) is 36.4 Å². The van der Waals surface area contributed by atoms with Gasteiger partial charge in [0.1, 0.15) is 6.04 Å². The second kappa shape index (κ2) is 11.6. The SMILES string of the molecule is CC1(C)[C@@H]2CC[C@@]1(C)[C@@H](NCCCCCCCNc1cccc3nc(C(F)(F)F)n([C@H]4CCC(=O)NC4=O)c(=O)c13)C2. The van der Waals surface area contributed by atoms with Crippen LogP contribution in [0.25, 0.3) is 10.9 Å². The van der Waals surface area contributed by atoms with E-state index in [0.717, 1.165) is 44.6 Å². The maximum absolute atomic E-state index is 13.9. The minimum atomic E-state index is -4.96. The highest BCUT2D eigenvalue weighted by Gasteiger charge is 2.60. The first-order chi connectivity index (χ1) is 19.8. The molecular formula is C31H42F3N5O3. The number of nitrogens with one attached hydrogen (secondary N) is 3. The van der Waals surface area contributed by atoms with Gasteiger partial charge in [-0.05, 0) is 74.0 Å². The molecule has 0 radical (unpaired) electrons. The van der Waals surface area contributed by atoms with Crippen LogP contribution in [-0.2, 0) is 15.8 Å². The minimum absolute atomic E-state index is 0.00115. The Morgan fingerprint density at radius 1 is 1.02 bits per heavy atom. The van der Waals surface area contributed by atoms with Crippen LogP contribution in [0.3, 0.4) is 0 Å². The summed E-state index contributed by atoms with van der Waals surface area (Å²) < 4.78 is 42.2. The van der Waals surface area contributed by atoms with Crippen molar-refractivity contribution in [1.82, 2.24) is 20.2 Å². The molecule has 0 spiro atoms. The summed E-state index contributed by atoms with van der Waals surface area (Å²) >= 11 is 0. The Balaban J connectivity index is 1.15. The van der Waals surface area contributed by atoms with Crippen molar-refractivity contribution >= 4 is 28.4 Å². The number of hydrogen-bond acceptors (Lipinski definition) is 6. The fraction of sp³-hybridized carbons (Fsp3) is 0.677. The summed E-state index contributed by atoms with van der Waals surface area (Å²) in [6, 6.07) is 3.69. The van der Waals surface area contributed by atoms with Gasteiger partial charge in [-0.1, -0.05) is 46.1 Å². The molecule has 3 fully saturated rings. The highest BCUT2D eigenvalue weighted by atomic mass is 19.4. The molecule has 4 atom stereocenters. The maximum Gasteiger partial charge on any atom is 0.449 e. The lowest BCUT2D eigenvalue weighted by Crippen LogP contribution is -2.46. The number of rotatable bonds is 11. The number of benzene rings is 1. The number of piperidine rings is 1. The van der Waals surface area contributed by atoms with Crippen molar-refractivity contribution in [3.8, 4) is 0 Å². The summed E-state index contributed by atoms with van der Waals surface area (Å²) in [4.78, 5) is 41.2. The highest BCUT2D eigenvalue weighted by Crippen LogP contribution is 2.65. The second-order valence-corrected chi connectivity index (χ2v) is 13.1. The van der Waals surface area contributed by atoms with Crippen LogP contribution in [0.15, 0.2) is 23.0 Å². The van der Waals surface area contributed by atoms with Crippen molar-refractivity contribution in [2.24, 2.45) is 16.7 Å². The van der Waals surface area contributed by atoms with Crippen LogP contribution in [0.1, 0.15) is 96.8 Å². The van der Waals surface area contributed by atoms with Gasteiger partial charge in [0.2, 0.25) is 17.6 Å². The molecule has 2 bridgehead atoms. The standard InChI is InChI=1S/C31H42F3N5O3/c1-29(2)19-14-15-30(29,3)23(18-19)36-17-8-6-4-5-7-16-35-20-10-9-11-21-25(20)27(42)39(28(37-21)31(32,33)34)22-12-13-24(40)38-26(22)41/h9-11,19,22-23,35-36H,4-8,12-18H2,1-3H3,(H,38,40,41)/t19-,22+,23+,30+/m1/s1. The Bertz CT molecular complexity index is 1400. The van der Waals surface area contributed by atoms with Gasteiger partial charge in [-0.15, -0.1) is 0 Å². The molecule has 2 aliphatic carbocycles. The average molecular weight is 590 g/mol. The fourth-order valence-electron chi connectivity index (χ4n) is 7.60. The number of hydrogen-bond donors (Lipinski definition) is 3. The average Bonchev–Trinajstić information content (AvgIpc) is 3.25. The first kappa shape index (κ1) is 30.5. The Morgan fingerprint density at radius 2 is 1.74 bits per heavy atom. The highest BCUT2D eigenvalue weighted by molar-refractivity contribution is 5.99. The zero-order valence-electron chi connectivity index (χ0n) is 24.7. The third-order valence-electron chi connectivity index (χ3n) is 10.6. The van der Waals surface area contributed by atoms with E-state index in [1.165, 1.54) is 25.3 Å². The van der Waals surface area contributed by atoms with Crippen molar-refractivity contribution < 1.29 is 22.8 Å². The first-order valence-corrected chi connectivity index (χ1v) is 15.3. The summed E-state index contributed by atoms with van der Waals surface area (Å²) in [6.45, 7) is 8.90. The largest absolute Gasteiger partial charge is 0.449 e. The van der Waals surface area contributed by atoms with E-state index in [1.54, 1.807) is 12.1 Å². The van der Waals surface area contributed by atoms with Gasteiger partial charge < -0.3 is 10.6 Å². The van der Waals surface area contributed by atoms with E-state index in [0.29, 0.717) is 33.7 Å². The predicted molar refractivity (Wildman–Crippen MR) is 155 cm³/mol. The topological polar surface area (TPSA) is 105 Å².